The lowest BCUT2D eigenvalue weighted by atomic mass is 10.1. The normalized spacial score (nSPS) is 11.3. The van der Waals surface area contributed by atoms with Gasteiger partial charge in [0.05, 0.1) is 4.90 Å². The maximum atomic E-state index is 13.0. The molecule has 0 unspecified atom stereocenters. The Hall–Kier alpha value is -2.97. The highest BCUT2D eigenvalue weighted by atomic mass is 32.2. The van der Waals surface area contributed by atoms with Crippen molar-refractivity contribution in [2.75, 3.05) is 6.54 Å². The molecule has 140 valence electrons. The molecule has 0 aliphatic carbocycles. The summed E-state index contributed by atoms with van der Waals surface area (Å²) in [6, 6.07) is 13.9. The predicted molar refractivity (Wildman–Crippen MR) is 100 cm³/mol. The number of carbonyl (C=O) groups is 1. The molecule has 1 aromatic heterocycles. The number of sulfonamides is 1. The van der Waals surface area contributed by atoms with E-state index < -0.39 is 10.0 Å². The van der Waals surface area contributed by atoms with Gasteiger partial charge in [-0.15, -0.1) is 0 Å². The van der Waals surface area contributed by atoms with E-state index in [9.17, 15) is 17.6 Å². The fourth-order valence-electron chi connectivity index (χ4n) is 2.60. The maximum absolute atomic E-state index is 13.0. The number of nitrogens with two attached hydrogens (primary N) is 1. The first-order valence-electron chi connectivity index (χ1n) is 8.17. The molecule has 27 heavy (non-hydrogen) atoms. The second-order valence-corrected chi connectivity index (χ2v) is 7.57. The number of hydrogen-bond acceptors (Lipinski definition) is 3. The van der Waals surface area contributed by atoms with E-state index in [1.165, 1.54) is 24.3 Å². The van der Waals surface area contributed by atoms with E-state index in [-0.39, 0.29) is 16.6 Å². The van der Waals surface area contributed by atoms with E-state index in [0.29, 0.717) is 18.7 Å². The number of carbonyl (C=O) groups excluding carboxylic acids is 1. The van der Waals surface area contributed by atoms with Gasteiger partial charge >= 0.3 is 0 Å². The number of H-pyrrole nitrogens is 1. The monoisotopic (exact) mass is 387 g/mol. The van der Waals surface area contributed by atoms with Crippen molar-refractivity contribution in [1.82, 2.24) is 10.3 Å². The molecule has 8 heteroatoms. The Morgan fingerprint density at radius 2 is 1.70 bits per heavy atom. The largest absolute Gasteiger partial charge is 0.357 e. The van der Waals surface area contributed by atoms with Crippen molar-refractivity contribution in [2.45, 2.75) is 11.3 Å². The Labute approximate surface area is 156 Å². The van der Waals surface area contributed by atoms with Gasteiger partial charge in [0.25, 0.3) is 5.91 Å². The van der Waals surface area contributed by atoms with Crippen molar-refractivity contribution in [1.29, 1.82) is 0 Å². The smallest absolute Gasteiger partial charge is 0.267 e. The standard InChI is InChI=1S/C19H18FN3O3S/c20-16-5-3-14(4-6-16)15-11-18(23-12-15)19(24)22-10-9-13-1-7-17(8-2-13)27(21,25)26/h1-8,11-12,23H,9-10H2,(H,22,24)(H2,21,25,26). The number of halogens is 1. The van der Waals surface area contributed by atoms with Crippen molar-refractivity contribution in [3.63, 3.8) is 0 Å². The van der Waals surface area contributed by atoms with Crippen LogP contribution in [0.2, 0.25) is 0 Å². The van der Waals surface area contributed by atoms with Gasteiger partial charge in [0.15, 0.2) is 0 Å². The average molecular weight is 387 g/mol. The van der Waals surface area contributed by atoms with Crippen molar-refractivity contribution in [2.24, 2.45) is 5.14 Å². The van der Waals surface area contributed by atoms with Gasteiger partial charge in [-0.2, -0.15) is 0 Å². The number of hydrogen-bond donors (Lipinski definition) is 3. The van der Waals surface area contributed by atoms with Gasteiger partial charge in [-0.05, 0) is 53.4 Å². The molecule has 0 saturated heterocycles. The van der Waals surface area contributed by atoms with Crippen LogP contribution in [0, 0.1) is 5.82 Å². The molecular formula is C19H18FN3O3S. The summed E-state index contributed by atoms with van der Waals surface area (Å²) in [5.74, 6) is -0.575. The van der Waals surface area contributed by atoms with Gasteiger partial charge in [0, 0.05) is 12.7 Å². The highest BCUT2D eigenvalue weighted by Crippen LogP contribution is 2.20. The number of rotatable bonds is 6. The lowest BCUT2D eigenvalue weighted by molar-refractivity contribution is 0.0950. The van der Waals surface area contributed by atoms with E-state index in [0.717, 1.165) is 16.7 Å². The summed E-state index contributed by atoms with van der Waals surface area (Å²) < 4.78 is 35.4. The topological polar surface area (TPSA) is 105 Å². The molecule has 0 aliphatic heterocycles. The highest BCUT2D eigenvalue weighted by molar-refractivity contribution is 7.89. The third kappa shape index (κ3) is 4.81. The first-order valence-corrected chi connectivity index (χ1v) is 9.72. The molecule has 1 amide bonds. The summed E-state index contributed by atoms with van der Waals surface area (Å²) in [6.07, 6.45) is 2.23. The Morgan fingerprint density at radius 3 is 2.33 bits per heavy atom. The van der Waals surface area contributed by atoms with Crippen LogP contribution in [-0.2, 0) is 16.4 Å². The lowest BCUT2D eigenvalue weighted by Gasteiger charge is -2.05. The predicted octanol–water partition coefficient (Wildman–Crippen LogP) is 2.44. The van der Waals surface area contributed by atoms with E-state index >= 15 is 0 Å². The van der Waals surface area contributed by atoms with Crippen LogP contribution in [0.25, 0.3) is 11.1 Å². The van der Waals surface area contributed by atoms with E-state index in [4.69, 9.17) is 5.14 Å². The molecule has 0 radical (unpaired) electrons. The fourth-order valence-corrected chi connectivity index (χ4v) is 3.11. The van der Waals surface area contributed by atoms with Crippen molar-refractivity contribution in [3.8, 4) is 11.1 Å². The highest BCUT2D eigenvalue weighted by Gasteiger charge is 2.10. The summed E-state index contributed by atoms with van der Waals surface area (Å²) in [7, 11) is -3.71. The van der Waals surface area contributed by atoms with Gasteiger partial charge in [-0.3, -0.25) is 4.79 Å². The summed E-state index contributed by atoms with van der Waals surface area (Å²) in [6.45, 7) is 0.387. The Bertz CT molecular complexity index is 1040. The third-order valence-corrected chi connectivity index (χ3v) is 4.99. The van der Waals surface area contributed by atoms with Gasteiger partial charge in [-0.25, -0.2) is 17.9 Å². The van der Waals surface area contributed by atoms with Gasteiger partial charge in [-0.1, -0.05) is 24.3 Å². The number of aromatic nitrogens is 1. The van der Waals surface area contributed by atoms with Crippen LogP contribution in [0.1, 0.15) is 16.1 Å². The zero-order valence-electron chi connectivity index (χ0n) is 14.3. The number of aromatic amines is 1. The van der Waals surface area contributed by atoms with Gasteiger partial charge in [0.2, 0.25) is 10.0 Å². The zero-order chi connectivity index (χ0) is 19.4. The zero-order valence-corrected chi connectivity index (χ0v) is 15.1. The van der Waals surface area contributed by atoms with E-state index in [1.54, 1.807) is 36.5 Å². The maximum Gasteiger partial charge on any atom is 0.267 e. The fraction of sp³-hybridized carbons (Fsp3) is 0.105. The van der Waals surface area contributed by atoms with E-state index in [2.05, 4.69) is 10.3 Å². The lowest BCUT2D eigenvalue weighted by Crippen LogP contribution is -2.25. The summed E-state index contributed by atoms with van der Waals surface area (Å²) in [5, 5.41) is 7.85. The quantitative estimate of drug-likeness (QED) is 0.605. The molecular weight excluding hydrogens is 369 g/mol. The summed E-state index contributed by atoms with van der Waals surface area (Å²) >= 11 is 0. The minimum Gasteiger partial charge on any atom is -0.357 e. The van der Waals surface area contributed by atoms with Crippen molar-refractivity contribution >= 4 is 15.9 Å². The Kier molecular flexibility index (Phi) is 5.38. The Morgan fingerprint density at radius 1 is 1.04 bits per heavy atom. The molecule has 0 saturated carbocycles. The second kappa shape index (κ2) is 7.73. The number of nitrogens with one attached hydrogen (secondary N) is 2. The molecule has 6 nitrogen and oxygen atoms in total. The average Bonchev–Trinajstić information content (AvgIpc) is 3.12. The summed E-state index contributed by atoms with van der Waals surface area (Å²) in [4.78, 5) is 15.2. The molecule has 0 aliphatic rings. The molecule has 3 aromatic rings. The van der Waals surface area contributed by atoms with Crippen LogP contribution in [-0.4, -0.2) is 25.9 Å². The number of primary sulfonamides is 1. The second-order valence-electron chi connectivity index (χ2n) is 6.00. The minimum absolute atomic E-state index is 0.0509. The summed E-state index contributed by atoms with van der Waals surface area (Å²) in [5.41, 5.74) is 2.88. The molecule has 0 atom stereocenters. The Balaban J connectivity index is 1.56. The molecule has 4 N–H and O–H groups in total. The SMILES string of the molecule is NS(=O)(=O)c1ccc(CCNC(=O)c2cc(-c3ccc(F)cc3)c[nH]2)cc1. The van der Waals surface area contributed by atoms with Crippen LogP contribution in [0.5, 0.6) is 0 Å². The van der Waals surface area contributed by atoms with Crippen LogP contribution in [0.3, 0.4) is 0 Å². The first-order chi connectivity index (χ1) is 12.8. The number of amides is 1. The van der Waals surface area contributed by atoms with Gasteiger partial charge in [0.1, 0.15) is 11.5 Å². The molecule has 2 aromatic carbocycles. The third-order valence-electron chi connectivity index (χ3n) is 4.06. The van der Waals surface area contributed by atoms with Crippen molar-refractivity contribution in [3.05, 3.63) is 77.9 Å². The van der Waals surface area contributed by atoms with Crippen LogP contribution in [0.15, 0.2) is 65.7 Å². The minimum atomic E-state index is -3.71. The molecule has 0 spiro atoms. The molecule has 1 heterocycles. The van der Waals surface area contributed by atoms with E-state index in [1.807, 2.05) is 0 Å². The van der Waals surface area contributed by atoms with Crippen LogP contribution < -0.4 is 10.5 Å². The van der Waals surface area contributed by atoms with Crippen LogP contribution >= 0.6 is 0 Å². The number of benzene rings is 2. The van der Waals surface area contributed by atoms with Crippen molar-refractivity contribution < 1.29 is 17.6 Å². The molecule has 0 bridgehead atoms. The molecule has 3 rings (SSSR count). The van der Waals surface area contributed by atoms with Crippen LogP contribution in [0.4, 0.5) is 4.39 Å². The first kappa shape index (κ1) is 18.8. The molecule has 0 fully saturated rings. The van der Waals surface area contributed by atoms with Gasteiger partial charge < -0.3 is 10.3 Å².